The van der Waals surface area contributed by atoms with Crippen LogP contribution >= 0.6 is 0 Å². The summed E-state index contributed by atoms with van der Waals surface area (Å²) in [4.78, 5) is 19.4. The predicted molar refractivity (Wildman–Crippen MR) is 92.8 cm³/mol. The first-order valence-corrected chi connectivity index (χ1v) is 8.56. The van der Waals surface area contributed by atoms with Gasteiger partial charge in [0, 0.05) is 38.2 Å². The number of hydrogen-bond acceptors (Lipinski definition) is 3. The molecule has 5 heteroatoms. The van der Waals surface area contributed by atoms with Gasteiger partial charge in [0.25, 0.3) is 5.91 Å². The number of likely N-dealkylation sites (tertiary alicyclic amines) is 1. The first-order valence-electron chi connectivity index (χ1n) is 8.56. The molecule has 2 aromatic rings. The molecule has 1 aliphatic carbocycles. The molecule has 5 nitrogen and oxygen atoms in total. The largest absolute Gasteiger partial charge is 0.384 e. The van der Waals surface area contributed by atoms with Gasteiger partial charge in [-0.3, -0.25) is 4.79 Å². The average Bonchev–Trinajstić information content (AvgIpc) is 3.06. The van der Waals surface area contributed by atoms with Crippen molar-refractivity contribution in [1.29, 1.82) is 0 Å². The number of aryl methyl sites for hydroxylation is 1. The van der Waals surface area contributed by atoms with Gasteiger partial charge in [-0.05, 0) is 36.0 Å². The maximum atomic E-state index is 13.0. The molecule has 0 N–H and O–H groups in total. The lowest BCUT2D eigenvalue weighted by molar-refractivity contribution is -0.107. The molecule has 2 fully saturated rings. The Morgan fingerprint density at radius 2 is 2.21 bits per heavy atom. The van der Waals surface area contributed by atoms with Gasteiger partial charge in [-0.2, -0.15) is 0 Å². The quantitative estimate of drug-likeness (QED) is 0.871. The third kappa shape index (κ3) is 2.10. The van der Waals surface area contributed by atoms with Crippen molar-refractivity contribution in [3.8, 4) is 0 Å². The molecular weight excluding hydrogens is 302 g/mol. The molecule has 2 heterocycles. The second kappa shape index (κ2) is 5.06. The molecule has 2 aliphatic rings. The Hall–Kier alpha value is -1.88. The normalized spacial score (nSPS) is 28.0. The number of amides is 1. The fraction of sp³-hybridized carbons (Fsp3) is 0.579. The number of benzene rings is 1. The van der Waals surface area contributed by atoms with Crippen molar-refractivity contribution >= 4 is 16.9 Å². The standard InChI is InChI=1S/C19H25N3O2/c1-18(2)9-19(11-24-4)10-22(8-16(18)19)17(23)13-5-6-15-14(7-13)20-12-21(15)3/h5-7,12,16H,8-11H2,1-4H3/t16-,19-/m1/s1. The van der Waals surface area contributed by atoms with Crippen LogP contribution in [0, 0.1) is 16.7 Å². The molecule has 128 valence electrons. The van der Waals surface area contributed by atoms with E-state index in [1.54, 1.807) is 13.4 Å². The summed E-state index contributed by atoms with van der Waals surface area (Å²) in [6.45, 7) is 6.98. The van der Waals surface area contributed by atoms with Crippen LogP contribution in [0.3, 0.4) is 0 Å². The van der Waals surface area contributed by atoms with Crippen LogP contribution in [0.1, 0.15) is 30.6 Å². The fourth-order valence-electron chi connectivity index (χ4n) is 5.21. The zero-order valence-electron chi connectivity index (χ0n) is 14.9. The lowest BCUT2D eigenvalue weighted by Crippen LogP contribution is -2.55. The number of nitrogens with zero attached hydrogens (tertiary/aromatic N) is 3. The van der Waals surface area contributed by atoms with Crippen molar-refractivity contribution < 1.29 is 9.53 Å². The minimum Gasteiger partial charge on any atom is -0.384 e. The number of ether oxygens (including phenoxy) is 1. The summed E-state index contributed by atoms with van der Waals surface area (Å²) >= 11 is 0. The highest BCUT2D eigenvalue weighted by molar-refractivity contribution is 5.97. The molecule has 2 atom stereocenters. The van der Waals surface area contributed by atoms with E-state index in [2.05, 4.69) is 18.8 Å². The second-order valence-corrected chi connectivity index (χ2v) is 8.26. The summed E-state index contributed by atoms with van der Waals surface area (Å²) in [6, 6.07) is 5.81. The lowest BCUT2D eigenvalue weighted by Gasteiger charge is -2.56. The molecule has 24 heavy (non-hydrogen) atoms. The fourth-order valence-corrected chi connectivity index (χ4v) is 5.21. The second-order valence-electron chi connectivity index (χ2n) is 8.26. The van der Waals surface area contributed by atoms with Gasteiger partial charge in [0.05, 0.1) is 24.0 Å². The average molecular weight is 327 g/mol. The van der Waals surface area contributed by atoms with Gasteiger partial charge in [0.15, 0.2) is 0 Å². The molecule has 1 saturated carbocycles. The van der Waals surface area contributed by atoms with Crippen LogP contribution in [0.5, 0.6) is 0 Å². The number of aromatic nitrogens is 2. The number of carbonyl (C=O) groups is 1. The van der Waals surface area contributed by atoms with E-state index in [0.717, 1.165) is 42.7 Å². The van der Waals surface area contributed by atoms with Crippen molar-refractivity contribution in [2.24, 2.45) is 23.8 Å². The van der Waals surface area contributed by atoms with Crippen LogP contribution in [-0.2, 0) is 11.8 Å². The third-order valence-electron chi connectivity index (χ3n) is 6.09. The smallest absolute Gasteiger partial charge is 0.253 e. The van der Waals surface area contributed by atoms with E-state index in [1.165, 1.54) is 0 Å². The summed E-state index contributed by atoms with van der Waals surface area (Å²) < 4.78 is 7.46. The Bertz CT molecular complexity index is 810. The monoisotopic (exact) mass is 327 g/mol. The Labute approximate surface area is 142 Å². The molecule has 1 amide bonds. The number of carbonyl (C=O) groups excluding carboxylic acids is 1. The van der Waals surface area contributed by atoms with Gasteiger partial charge in [0.2, 0.25) is 0 Å². The minimum atomic E-state index is 0.114. The van der Waals surface area contributed by atoms with Crippen LogP contribution in [0.4, 0.5) is 0 Å². The number of hydrogen-bond donors (Lipinski definition) is 0. The zero-order valence-corrected chi connectivity index (χ0v) is 14.9. The molecular formula is C19H25N3O2. The van der Waals surface area contributed by atoms with Crippen molar-refractivity contribution in [2.75, 3.05) is 26.8 Å². The van der Waals surface area contributed by atoms with E-state index in [9.17, 15) is 4.79 Å². The van der Waals surface area contributed by atoms with E-state index in [-0.39, 0.29) is 11.3 Å². The highest BCUT2D eigenvalue weighted by atomic mass is 16.5. The van der Waals surface area contributed by atoms with Gasteiger partial charge in [-0.15, -0.1) is 0 Å². The molecule has 0 unspecified atom stereocenters. The minimum absolute atomic E-state index is 0.114. The Kier molecular flexibility index (Phi) is 3.29. The van der Waals surface area contributed by atoms with Crippen molar-refractivity contribution in [3.63, 3.8) is 0 Å². The molecule has 0 radical (unpaired) electrons. The maximum absolute atomic E-state index is 13.0. The summed E-state index contributed by atoms with van der Waals surface area (Å²) in [5.41, 5.74) is 3.08. The molecule has 4 rings (SSSR count). The molecule has 0 spiro atoms. The van der Waals surface area contributed by atoms with Gasteiger partial charge in [-0.25, -0.2) is 4.98 Å². The van der Waals surface area contributed by atoms with Crippen LogP contribution in [0.15, 0.2) is 24.5 Å². The van der Waals surface area contributed by atoms with E-state index in [1.807, 2.05) is 34.7 Å². The van der Waals surface area contributed by atoms with Gasteiger partial charge >= 0.3 is 0 Å². The number of imidazole rings is 1. The van der Waals surface area contributed by atoms with Gasteiger partial charge in [0.1, 0.15) is 0 Å². The highest BCUT2D eigenvalue weighted by Crippen LogP contribution is 2.62. The first kappa shape index (κ1) is 15.6. The third-order valence-corrected chi connectivity index (χ3v) is 6.09. The molecule has 1 aromatic heterocycles. The Morgan fingerprint density at radius 3 is 2.92 bits per heavy atom. The molecule has 1 aliphatic heterocycles. The molecule has 1 saturated heterocycles. The topological polar surface area (TPSA) is 47.4 Å². The summed E-state index contributed by atoms with van der Waals surface area (Å²) in [6.07, 6.45) is 2.91. The van der Waals surface area contributed by atoms with Crippen molar-refractivity contribution in [3.05, 3.63) is 30.1 Å². The van der Waals surface area contributed by atoms with Crippen molar-refractivity contribution in [1.82, 2.24) is 14.5 Å². The molecule has 1 aromatic carbocycles. The van der Waals surface area contributed by atoms with E-state index in [0.29, 0.717) is 11.3 Å². The zero-order chi connectivity index (χ0) is 17.1. The number of methoxy groups -OCH3 is 1. The van der Waals surface area contributed by atoms with E-state index < -0.39 is 0 Å². The summed E-state index contributed by atoms with van der Waals surface area (Å²) in [7, 11) is 3.72. The summed E-state index contributed by atoms with van der Waals surface area (Å²) in [5.74, 6) is 0.635. The van der Waals surface area contributed by atoms with Gasteiger partial charge in [-0.1, -0.05) is 13.8 Å². The van der Waals surface area contributed by atoms with Crippen LogP contribution in [0.25, 0.3) is 11.0 Å². The van der Waals surface area contributed by atoms with Crippen LogP contribution in [0.2, 0.25) is 0 Å². The summed E-state index contributed by atoms with van der Waals surface area (Å²) in [5, 5.41) is 0. The van der Waals surface area contributed by atoms with E-state index in [4.69, 9.17) is 4.74 Å². The SMILES string of the molecule is COC[C@@]12CN(C(=O)c3ccc4c(c3)ncn4C)C[C@@H]1C(C)(C)C2. The Morgan fingerprint density at radius 1 is 1.42 bits per heavy atom. The lowest BCUT2D eigenvalue weighted by atomic mass is 9.48. The van der Waals surface area contributed by atoms with Crippen LogP contribution < -0.4 is 0 Å². The number of fused-ring (bicyclic) bond motifs is 2. The first-order chi connectivity index (χ1) is 11.4. The molecule has 0 bridgehead atoms. The Balaban J connectivity index is 1.60. The van der Waals surface area contributed by atoms with Gasteiger partial charge < -0.3 is 14.2 Å². The van der Waals surface area contributed by atoms with Crippen LogP contribution in [-0.4, -0.2) is 47.2 Å². The van der Waals surface area contributed by atoms with E-state index >= 15 is 0 Å². The highest BCUT2D eigenvalue weighted by Gasteiger charge is 2.63. The van der Waals surface area contributed by atoms with Crippen molar-refractivity contribution in [2.45, 2.75) is 20.3 Å². The maximum Gasteiger partial charge on any atom is 0.253 e. The number of rotatable bonds is 3. The predicted octanol–water partition coefficient (Wildman–Crippen LogP) is 2.71.